The summed E-state index contributed by atoms with van der Waals surface area (Å²) in [5.41, 5.74) is 4.56. The third kappa shape index (κ3) is 4.84. The number of benzene rings is 4. The SMILES string of the molecule is COc1ccc([C@@H]2C3=C(C[C@H](c4cccc([N+](=O)[O-])c4)CC3=O)Nc3ccccc3N2C(=O)c2ccccc2)cc1. The number of amides is 1. The molecule has 41 heavy (non-hydrogen) atoms. The summed E-state index contributed by atoms with van der Waals surface area (Å²) in [6.07, 6.45) is 0.620. The Morgan fingerprint density at radius 1 is 0.902 bits per heavy atom. The van der Waals surface area contributed by atoms with E-state index in [1.807, 2.05) is 72.8 Å². The van der Waals surface area contributed by atoms with Gasteiger partial charge in [-0.2, -0.15) is 0 Å². The number of methoxy groups -OCH3 is 1. The summed E-state index contributed by atoms with van der Waals surface area (Å²) in [7, 11) is 1.59. The lowest BCUT2D eigenvalue weighted by Gasteiger charge is -2.35. The Labute approximate surface area is 237 Å². The molecule has 1 amide bonds. The molecule has 1 aliphatic heterocycles. The molecule has 0 spiro atoms. The fraction of sp³-hybridized carbons (Fsp3) is 0.152. The Morgan fingerprint density at radius 3 is 2.37 bits per heavy atom. The lowest BCUT2D eigenvalue weighted by Crippen LogP contribution is -2.38. The summed E-state index contributed by atoms with van der Waals surface area (Å²) < 4.78 is 5.38. The number of nitrogens with one attached hydrogen (secondary N) is 1. The van der Waals surface area contributed by atoms with Crippen molar-refractivity contribution in [3.05, 3.63) is 141 Å². The van der Waals surface area contributed by atoms with Crippen LogP contribution in [-0.4, -0.2) is 23.7 Å². The molecule has 1 N–H and O–H groups in total. The molecule has 0 unspecified atom stereocenters. The normalized spacial score (nSPS) is 18.1. The van der Waals surface area contributed by atoms with Crippen LogP contribution in [0.5, 0.6) is 5.75 Å². The molecule has 1 aliphatic carbocycles. The molecule has 0 saturated heterocycles. The lowest BCUT2D eigenvalue weighted by molar-refractivity contribution is -0.384. The third-order valence-electron chi connectivity index (χ3n) is 7.71. The molecule has 4 aromatic rings. The summed E-state index contributed by atoms with van der Waals surface area (Å²) in [6, 6.07) is 29.7. The average Bonchev–Trinajstić information content (AvgIpc) is 3.16. The topological polar surface area (TPSA) is 102 Å². The quantitative estimate of drug-likeness (QED) is 0.218. The highest BCUT2D eigenvalue weighted by molar-refractivity contribution is 6.12. The van der Waals surface area contributed by atoms with Gasteiger partial charge in [0, 0.05) is 35.4 Å². The molecule has 0 fully saturated rings. The minimum Gasteiger partial charge on any atom is -0.497 e. The van der Waals surface area contributed by atoms with Crippen molar-refractivity contribution >= 4 is 28.8 Å². The maximum absolute atomic E-state index is 14.3. The molecular formula is C33H27N3O5. The van der Waals surface area contributed by atoms with Crippen LogP contribution >= 0.6 is 0 Å². The second kappa shape index (κ2) is 10.7. The van der Waals surface area contributed by atoms with Crippen molar-refractivity contribution < 1.29 is 19.2 Å². The highest BCUT2D eigenvalue weighted by Crippen LogP contribution is 2.48. The number of rotatable bonds is 5. The minimum atomic E-state index is -0.710. The maximum Gasteiger partial charge on any atom is 0.269 e. The number of ketones is 1. The van der Waals surface area contributed by atoms with Gasteiger partial charge in [0.25, 0.3) is 11.6 Å². The van der Waals surface area contributed by atoms with E-state index in [1.54, 1.807) is 36.3 Å². The number of hydrogen-bond acceptors (Lipinski definition) is 6. The summed E-state index contributed by atoms with van der Waals surface area (Å²) in [5, 5.41) is 14.9. The van der Waals surface area contributed by atoms with Crippen molar-refractivity contribution in [1.29, 1.82) is 0 Å². The van der Waals surface area contributed by atoms with Crippen LogP contribution in [0.1, 0.15) is 46.3 Å². The van der Waals surface area contributed by atoms with Crippen molar-refractivity contribution in [3.8, 4) is 5.75 Å². The second-order valence-corrected chi connectivity index (χ2v) is 10.1. The van der Waals surface area contributed by atoms with E-state index in [1.165, 1.54) is 6.07 Å². The Morgan fingerprint density at radius 2 is 1.63 bits per heavy atom. The summed E-state index contributed by atoms with van der Waals surface area (Å²) in [6.45, 7) is 0. The first-order valence-corrected chi connectivity index (χ1v) is 13.3. The Kier molecular flexibility index (Phi) is 6.81. The van der Waals surface area contributed by atoms with Crippen LogP contribution in [0.3, 0.4) is 0 Å². The van der Waals surface area contributed by atoms with Crippen molar-refractivity contribution in [2.45, 2.75) is 24.8 Å². The number of carbonyl (C=O) groups excluding carboxylic acids is 2. The monoisotopic (exact) mass is 545 g/mol. The van der Waals surface area contributed by atoms with E-state index in [4.69, 9.17) is 4.74 Å². The zero-order chi connectivity index (χ0) is 28.5. The van der Waals surface area contributed by atoms with E-state index in [0.29, 0.717) is 40.4 Å². The van der Waals surface area contributed by atoms with Gasteiger partial charge in [0.2, 0.25) is 0 Å². The summed E-state index contributed by atoms with van der Waals surface area (Å²) in [5.74, 6) is 0.0585. The van der Waals surface area contributed by atoms with Crippen molar-refractivity contribution in [1.82, 2.24) is 0 Å². The van der Waals surface area contributed by atoms with Crippen molar-refractivity contribution in [2.75, 3.05) is 17.3 Å². The Balaban J connectivity index is 1.54. The lowest BCUT2D eigenvalue weighted by atomic mass is 9.78. The molecule has 4 aromatic carbocycles. The van der Waals surface area contributed by atoms with Crippen LogP contribution in [0.4, 0.5) is 17.1 Å². The van der Waals surface area contributed by atoms with E-state index in [2.05, 4.69) is 5.32 Å². The average molecular weight is 546 g/mol. The smallest absolute Gasteiger partial charge is 0.269 e. The molecular weight excluding hydrogens is 518 g/mol. The number of para-hydroxylation sites is 2. The van der Waals surface area contributed by atoms with Crippen LogP contribution in [0.2, 0.25) is 0 Å². The molecule has 204 valence electrons. The van der Waals surface area contributed by atoms with Crippen LogP contribution in [0, 0.1) is 10.1 Å². The van der Waals surface area contributed by atoms with Gasteiger partial charge in [0.1, 0.15) is 5.75 Å². The molecule has 0 bridgehead atoms. The number of fused-ring (bicyclic) bond motifs is 1. The van der Waals surface area contributed by atoms with Crippen LogP contribution in [-0.2, 0) is 4.79 Å². The van der Waals surface area contributed by atoms with Crippen molar-refractivity contribution in [3.63, 3.8) is 0 Å². The minimum absolute atomic E-state index is 0.00959. The summed E-state index contributed by atoms with van der Waals surface area (Å²) in [4.78, 5) is 41.1. The molecule has 8 nitrogen and oxygen atoms in total. The Hall–Kier alpha value is -5.24. The largest absolute Gasteiger partial charge is 0.497 e. The number of ether oxygens (including phenoxy) is 1. The van der Waals surface area contributed by atoms with Gasteiger partial charge in [-0.05, 0) is 59.9 Å². The van der Waals surface area contributed by atoms with E-state index in [9.17, 15) is 19.7 Å². The van der Waals surface area contributed by atoms with Crippen LogP contribution in [0.25, 0.3) is 0 Å². The number of hydrogen-bond donors (Lipinski definition) is 1. The maximum atomic E-state index is 14.3. The number of carbonyl (C=O) groups is 2. The number of nitro groups is 1. The molecule has 6 rings (SSSR count). The van der Waals surface area contributed by atoms with Crippen LogP contribution < -0.4 is 15.0 Å². The highest BCUT2D eigenvalue weighted by atomic mass is 16.6. The van der Waals surface area contributed by atoms with Gasteiger partial charge in [-0.3, -0.25) is 24.6 Å². The predicted octanol–water partition coefficient (Wildman–Crippen LogP) is 6.82. The molecule has 8 heteroatoms. The van der Waals surface area contributed by atoms with Crippen molar-refractivity contribution in [2.24, 2.45) is 0 Å². The number of Topliss-reactive ketones (excluding diaryl/α,β-unsaturated/α-hetero) is 1. The molecule has 2 atom stereocenters. The zero-order valence-corrected chi connectivity index (χ0v) is 22.3. The van der Waals surface area contributed by atoms with Crippen LogP contribution in [0.15, 0.2) is 114 Å². The van der Waals surface area contributed by atoms with E-state index < -0.39 is 11.0 Å². The number of nitrogens with zero attached hydrogens (tertiary/aromatic N) is 2. The van der Waals surface area contributed by atoms with Gasteiger partial charge in [0.15, 0.2) is 5.78 Å². The molecule has 0 aromatic heterocycles. The standard InChI is InChI=1S/C33H27N3O5/c1-41-26-16-14-21(15-17-26)32-31-28(19-24(20-30(31)37)23-10-7-11-25(18-23)36(39)40)34-27-12-5-6-13-29(27)35(32)33(38)22-8-3-2-4-9-22/h2-18,24,32,34H,19-20H2,1H3/t24-,32+/m0/s1. The molecule has 2 aliphatic rings. The number of non-ortho nitro benzene ring substituents is 1. The van der Waals surface area contributed by atoms with E-state index in [0.717, 1.165) is 11.1 Å². The highest BCUT2D eigenvalue weighted by Gasteiger charge is 2.42. The summed E-state index contributed by atoms with van der Waals surface area (Å²) >= 11 is 0. The van der Waals surface area contributed by atoms with Gasteiger partial charge in [0.05, 0.1) is 29.4 Å². The third-order valence-corrected chi connectivity index (χ3v) is 7.71. The number of nitro benzene ring substituents is 1. The first kappa shape index (κ1) is 26.0. The molecule has 0 radical (unpaired) electrons. The van der Waals surface area contributed by atoms with Gasteiger partial charge in [-0.25, -0.2) is 0 Å². The first-order chi connectivity index (χ1) is 19.9. The van der Waals surface area contributed by atoms with Gasteiger partial charge >= 0.3 is 0 Å². The first-order valence-electron chi connectivity index (χ1n) is 13.3. The van der Waals surface area contributed by atoms with E-state index in [-0.39, 0.29) is 29.7 Å². The van der Waals surface area contributed by atoms with Gasteiger partial charge in [-0.1, -0.05) is 54.6 Å². The predicted molar refractivity (Wildman–Crippen MR) is 156 cm³/mol. The Bertz CT molecular complexity index is 1680. The fourth-order valence-corrected chi connectivity index (χ4v) is 5.76. The van der Waals surface area contributed by atoms with E-state index >= 15 is 0 Å². The molecule has 0 saturated carbocycles. The number of anilines is 2. The van der Waals surface area contributed by atoms with Gasteiger partial charge < -0.3 is 10.1 Å². The fourth-order valence-electron chi connectivity index (χ4n) is 5.76. The number of allylic oxidation sites excluding steroid dienone is 1. The molecule has 1 heterocycles. The second-order valence-electron chi connectivity index (χ2n) is 10.1. The van der Waals surface area contributed by atoms with Gasteiger partial charge in [-0.15, -0.1) is 0 Å². The zero-order valence-electron chi connectivity index (χ0n) is 22.3.